The zero-order valence-corrected chi connectivity index (χ0v) is 11.8. The molecule has 1 aromatic carbocycles. The van der Waals surface area contributed by atoms with E-state index in [0.29, 0.717) is 37.0 Å². The van der Waals surface area contributed by atoms with E-state index in [1.807, 2.05) is 44.2 Å². The van der Waals surface area contributed by atoms with Crippen LogP contribution >= 0.6 is 0 Å². The normalized spacial score (nSPS) is 10.8. The van der Waals surface area contributed by atoms with Gasteiger partial charge >= 0.3 is 0 Å². The molecule has 1 aromatic heterocycles. The second-order valence-electron chi connectivity index (χ2n) is 5.08. The van der Waals surface area contributed by atoms with Crippen molar-refractivity contribution in [3.63, 3.8) is 0 Å². The Hall–Kier alpha value is -2.17. The highest BCUT2D eigenvalue weighted by molar-refractivity contribution is 5.76. The Labute approximate surface area is 118 Å². The highest BCUT2D eigenvalue weighted by Crippen LogP contribution is 2.14. The summed E-state index contributed by atoms with van der Waals surface area (Å²) in [6.07, 6.45) is 1.09. The molecule has 0 aliphatic heterocycles. The first-order valence-corrected chi connectivity index (χ1v) is 6.80. The molecule has 1 amide bonds. The number of nitrogens with zero attached hydrogens (tertiary/aromatic N) is 2. The van der Waals surface area contributed by atoms with Crippen LogP contribution in [-0.4, -0.2) is 22.6 Å². The van der Waals surface area contributed by atoms with E-state index >= 15 is 0 Å². The third kappa shape index (κ3) is 4.19. The van der Waals surface area contributed by atoms with Crippen molar-refractivity contribution in [3.8, 4) is 11.4 Å². The minimum atomic E-state index is 0.0581. The van der Waals surface area contributed by atoms with Gasteiger partial charge < -0.3 is 9.84 Å². The monoisotopic (exact) mass is 273 g/mol. The van der Waals surface area contributed by atoms with Gasteiger partial charge in [-0.2, -0.15) is 4.98 Å². The molecule has 0 aliphatic carbocycles. The molecule has 5 heteroatoms. The summed E-state index contributed by atoms with van der Waals surface area (Å²) in [5.74, 6) is 1.54. The van der Waals surface area contributed by atoms with Gasteiger partial charge in [0.25, 0.3) is 0 Å². The van der Waals surface area contributed by atoms with Gasteiger partial charge in [0.15, 0.2) is 0 Å². The van der Waals surface area contributed by atoms with E-state index in [4.69, 9.17) is 4.52 Å². The van der Waals surface area contributed by atoms with Crippen molar-refractivity contribution in [3.05, 3.63) is 36.2 Å². The van der Waals surface area contributed by atoms with Crippen LogP contribution in [0.15, 0.2) is 34.9 Å². The van der Waals surface area contributed by atoms with Crippen molar-refractivity contribution in [1.29, 1.82) is 0 Å². The first-order chi connectivity index (χ1) is 9.65. The third-order valence-corrected chi connectivity index (χ3v) is 2.75. The van der Waals surface area contributed by atoms with E-state index < -0.39 is 0 Å². The van der Waals surface area contributed by atoms with E-state index in [0.717, 1.165) is 5.56 Å². The fourth-order valence-electron chi connectivity index (χ4n) is 1.81. The standard InChI is InChI=1S/C15H19N3O2/c1-11(2)10-13(19)16-9-8-14-17-15(18-20-14)12-6-4-3-5-7-12/h3-7,11H,8-10H2,1-2H3,(H,16,19). The number of aromatic nitrogens is 2. The highest BCUT2D eigenvalue weighted by atomic mass is 16.5. The van der Waals surface area contributed by atoms with E-state index in [2.05, 4.69) is 15.5 Å². The maximum Gasteiger partial charge on any atom is 0.228 e. The van der Waals surface area contributed by atoms with E-state index in [9.17, 15) is 4.79 Å². The van der Waals surface area contributed by atoms with Crippen LogP contribution < -0.4 is 5.32 Å². The number of benzene rings is 1. The first kappa shape index (κ1) is 14.2. The van der Waals surface area contributed by atoms with Gasteiger partial charge in [0.1, 0.15) is 0 Å². The van der Waals surface area contributed by atoms with Crippen LogP contribution in [-0.2, 0) is 11.2 Å². The summed E-state index contributed by atoms with van der Waals surface area (Å²) in [5, 5.41) is 6.78. The molecule has 0 spiro atoms. The number of carbonyl (C=O) groups excluding carboxylic acids is 1. The van der Waals surface area contributed by atoms with Crippen molar-refractivity contribution in [2.24, 2.45) is 5.92 Å². The summed E-state index contributed by atoms with van der Waals surface area (Å²) in [5.41, 5.74) is 0.923. The van der Waals surface area contributed by atoms with Gasteiger partial charge in [-0.15, -0.1) is 0 Å². The number of carbonyl (C=O) groups is 1. The van der Waals surface area contributed by atoms with Gasteiger partial charge in [-0.1, -0.05) is 49.3 Å². The minimum absolute atomic E-state index is 0.0581. The van der Waals surface area contributed by atoms with Crippen LogP contribution in [0.25, 0.3) is 11.4 Å². The van der Waals surface area contributed by atoms with Gasteiger partial charge in [-0.3, -0.25) is 4.79 Å². The Morgan fingerprint density at radius 2 is 2.05 bits per heavy atom. The van der Waals surface area contributed by atoms with Crippen LogP contribution in [0.3, 0.4) is 0 Å². The quantitative estimate of drug-likeness (QED) is 0.877. The molecule has 20 heavy (non-hydrogen) atoms. The molecular weight excluding hydrogens is 254 g/mol. The lowest BCUT2D eigenvalue weighted by Gasteiger charge is -2.05. The van der Waals surface area contributed by atoms with Crippen molar-refractivity contribution < 1.29 is 9.32 Å². The fraction of sp³-hybridized carbons (Fsp3) is 0.400. The summed E-state index contributed by atoms with van der Waals surface area (Å²) < 4.78 is 5.17. The Bertz CT molecular complexity index is 549. The molecule has 5 nitrogen and oxygen atoms in total. The highest BCUT2D eigenvalue weighted by Gasteiger charge is 2.09. The summed E-state index contributed by atoms with van der Waals surface area (Å²) >= 11 is 0. The molecule has 2 aromatic rings. The van der Waals surface area contributed by atoms with Crippen LogP contribution in [0, 0.1) is 5.92 Å². The summed E-state index contributed by atoms with van der Waals surface area (Å²) in [4.78, 5) is 15.8. The third-order valence-electron chi connectivity index (χ3n) is 2.75. The van der Waals surface area contributed by atoms with Crippen LogP contribution in [0.2, 0.25) is 0 Å². The number of hydrogen-bond acceptors (Lipinski definition) is 4. The summed E-state index contributed by atoms with van der Waals surface area (Å²) in [7, 11) is 0. The predicted octanol–water partition coefficient (Wildman–Crippen LogP) is 2.44. The second kappa shape index (κ2) is 6.84. The SMILES string of the molecule is CC(C)CC(=O)NCCc1nc(-c2ccccc2)no1. The Morgan fingerprint density at radius 3 is 2.75 bits per heavy atom. The zero-order chi connectivity index (χ0) is 14.4. The first-order valence-electron chi connectivity index (χ1n) is 6.80. The molecule has 1 heterocycles. The van der Waals surface area contributed by atoms with Crippen LogP contribution in [0.1, 0.15) is 26.2 Å². The molecule has 0 atom stereocenters. The van der Waals surface area contributed by atoms with Crippen molar-refractivity contribution >= 4 is 5.91 Å². The molecular formula is C15H19N3O2. The van der Waals surface area contributed by atoms with Gasteiger partial charge in [0, 0.05) is 24.9 Å². The number of nitrogens with one attached hydrogen (secondary N) is 1. The average Bonchev–Trinajstić information content (AvgIpc) is 2.88. The lowest BCUT2D eigenvalue weighted by atomic mass is 10.1. The molecule has 106 valence electrons. The summed E-state index contributed by atoms with van der Waals surface area (Å²) in [6.45, 7) is 4.55. The van der Waals surface area contributed by atoms with Gasteiger partial charge in [0.05, 0.1) is 0 Å². The maximum absolute atomic E-state index is 11.5. The Morgan fingerprint density at radius 1 is 1.30 bits per heavy atom. The van der Waals surface area contributed by atoms with Crippen LogP contribution in [0.4, 0.5) is 0 Å². The Balaban J connectivity index is 1.83. The van der Waals surface area contributed by atoms with E-state index in [1.54, 1.807) is 0 Å². The van der Waals surface area contributed by atoms with Gasteiger partial charge in [0.2, 0.25) is 17.6 Å². The molecule has 0 saturated heterocycles. The molecule has 2 rings (SSSR count). The van der Waals surface area contributed by atoms with Gasteiger partial charge in [-0.05, 0) is 5.92 Å². The van der Waals surface area contributed by atoms with Crippen molar-refractivity contribution in [1.82, 2.24) is 15.5 Å². The zero-order valence-electron chi connectivity index (χ0n) is 11.8. The van der Waals surface area contributed by atoms with Gasteiger partial charge in [-0.25, -0.2) is 0 Å². The molecule has 0 bridgehead atoms. The number of hydrogen-bond donors (Lipinski definition) is 1. The fourth-order valence-corrected chi connectivity index (χ4v) is 1.81. The van der Waals surface area contributed by atoms with Crippen molar-refractivity contribution in [2.45, 2.75) is 26.7 Å². The Kier molecular flexibility index (Phi) is 4.87. The topological polar surface area (TPSA) is 68.0 Å². The molecule has 0 saturated carbocycles. The molecule has 0 aliphatic rings. The average molecular weight is 273 g/mol. The van der Waals surface area contributed by atoms with Crippen LogP contribution in [0.5, 0.6) is 0 Å². The summed E-state index contributed by atoms with van der Waals surface area (Å²) in [6, 6.07) is 9.65. The minimum Gasteiger partial charge on any atom is -0.356 e. The predicted molar refractivity (Wildman–Crippen MR) is 75.9 cm³/mol. The van der Waals surface area contributed by atoms with E-state index in [1.165, 1.54) is 0 Å². The maximum atomic E-state index is 11.5. The molecule has 1 N–H and O–H groups in total. The lowest BCUT2D eigenvalue weighted by molar-refractivity contribution is -0.121. The van der Waals surface area contributed by atoms with Crippen molar-refractivity contribution in [2.75, 3.05) is 6.54 Å². The molecule has 0 unspecified atom stereocenters. The molecule has 0 fully saturated rings. The lowest BCUT2D eigenvalue weighted by Crippen LogP contribution is -2.26. The second-order valence-corrected chi connectivity index (χ2v) is 5.08. The number of rotatable bonds is 6. The number of amides is 1. The van der Waals surface area contributed by atoms with E-state index in [-0.39, 0.29) is 5.91 Å². The molecule has 0 radical (unpaired) electrons. The largest absolute Gasteiger partial charge is 0.356 e. The smallest absolute Gasteiger partial charge is 0.228 e.